The van der Waals surface area contributed by atoms with E-state index in [2.05, 4.69) is 28.2 Å². The molecule has 0 saturated heterocycles. The highest BCUT2D eigenvalue weighted by molar-refractivity contribution is 9.10. The number of nitrogens with one attached hydrogen (secondary N) is 1. The van der Waals surface area contributed by atoms with Crippen LogP contribution in [0.5, 0.6) is 11.5 Å². The minimum Gasteiger partial charge on any atom is -0.457 e. The largest absolute Gasteiger partial charge is 0.457 e. The van der Waals surface area contributed by atoms with Crippen molar-refractivity contribution in [2.75, 3.05) is 6.54 Å². The van der Waals surface area contributed by atoms with Crippen molar-refractivity contribution < 1.29 is 4.74 Å². The molecule has 2 aromatic carbocycles. The van der Waals surface area contributed by atoms with Gasteiger partial charge in [-0.3, -0.25) is 0 Å². The number of rotatable bonds is 6. The minimum absolute atomic E-state index is 0.677. The maximum atomic E-state index is 6.06. The number of benzene rings is 2. The molecule has 0 fully saturated rings. The second kappa shape index (κ2) is 7.67. The molecule has 0 heterocycles. The Morgan fingerprint density at radius 2 is 1.90 bits per heavy atom. The number of hydrogen-bond donors (Lipinski definition) is 1. The van der Waals surface area contributed by atoms with Crippen molar-refractivity contribution in [1.29, 1.82) is 0 Å². The maximum Gasteiger partial charge on any atom is 0.133 e. The lowest BCUT2D eigenvalue weighted by atomic mass is 10.2. The van der Waals surface area contributed by atoms with E-state index in [1.165, 1.54) is 0 Å². The van der Waals surface area contributed by atoms with Gasteiger partial charge in [-0.25, -0.2) is 0 Å². The van der Waals surface area contributed by atoms with Gasteiger partial charge in [0.2, 0.25) is 0 Å². The summed E-state index contributed by atoms with van der Waals surface area (Å²) in [6.45, 7) is 3.91. The zero-order valence-corrected chi connectivity index (χ0v) is 13.7. The van der Waals surface area contributed by atoms with Crippen LogP contribution >= 0.6 is 27.5 Å². The van der Waals surface area contributed by atoms with Crippen LogP contribution in [0.25, 0.3) is 0 Å². The van der Waals surface area contributed by atoms with Gasteiger partial charge in [0.05, 0.1) is 0 Å². The number of ether oxygens (including phenoxy) is 1. The fourth-order valence-corrected chi connectivity index (χ4v) is 2.23. The monoisotopic (exact) mass is 353 g/mol. The summed E-state index contributed by atoms with van der Waals surface area (Å²) >= 11 is 9.47. The lowest BCUT2D eigenvalue weighted by Crippen LogP contribution is -2.14. The van der Waals surface area contributed by atoms with E-state index >= 15 is 0 Å². The van der Waals surface area contributed by atoms with E-state index in [0.717, 1.165) is 41.0 Å². The van der Waals surface area contributed by atoms with Gasteiger partial charge in [-0.15, -0.1) is 0 Å². The first kappa shape index (κ1) is 15.4. The molecule has 2 nitrogen and oxygen atoms in total. The van der Waals surface area contributed by atoms with Gasteiger partial charge in [0.25, 0.3) is 0 Å². The van der Waals surface area contributed by atoms with Crippen LogP contribution < -0.4 is 10.1 Å². The van der Waals surface area contributed by atoms with Gasteiger partial charge < -0.3 is 10.1 Å². The van der Waals surface area contributed by atoms with Gasteiger partial charge >= 0.3 is 0 Å². The Labute approximate surface area is 133 Å². The SMILES string of the molecule is CCCNCc1ccc(Cl)cc1Oc1ccc(Br)cc1. The first-order valence-electron chi connectivity index (χ1n) is 6.61. The molecule has 20 heavy (non-hydrogen) atoms. The molecule has 106 valence electrons. The summed E-state index contributed by atoms with van der Waals surface area (Å²) in [7, 11) is 0. The molecule has 0 saturated carbocycles. The highest BCUT2D eigenvalue weighted by Gasteiger charge is 2.06. The second-order valence-corrected chi connectivity index (χ2v) is 5.84. The molecule has 0 atom stereocenters. The predicted octanol–water partition coefficient (Wildman–Crippen LogP) is 5.39. The van der Waals surface area contributed by atoms with Gasteiger partial charge in [-0.1, -0.05) is 40.5 Å². The summed E-state index contributed by atoms with van der Waals surface area (Å²) in [6.07, 6.45) is 1.11. The van der Waals surface area contributed by atoms with Gasteiger partial charge in [0.1, 0.15) is 11.5 Å². The van der Waals surface area contributed by atoms with Crippen LogP contribution in [0.2, 0.25) is 5.02 Å². The summed E-state index contributed by atoms with van der Waals surface area (Å²) in [5.74, 6) is 1.59. The predicted molar refractivity (Wildman–Crippen MR) is 87.7 cm³/mol. The minimum atomic E-state index is 0.677. The quantitative estimate of drug-likeness (QED) is 0.702. The Morgan fingerprint density at radius 1 is 1.15 bits per heavy atom. The molecule has 0 aliphatic rings. The summed E-state index contributed by atoms with van der Waals surface area (Å²) in [4.78, 5) is 0. The highest BCUT2D eigenvalue weighted by Crippen LogP contribution is 2.29. The van der Waals surface area contributed by atoms with Crippen LogP contribution in [-0.4, -0.2) is 6.54 Å². The molecule has 0 aromatic heterocycles. The Balaban J connectivity index is 2.15. The topological polar surface area (TPSA) is 21.3 Å². The summed E-state index contributed by atoms with van der Waals surface area (Å²) in [6, 6.07) is 13.5. The van der Waals surface area contributed by atoms with E-state index in [9.17, 15) is 0 Å². The van der Waals surface area contributed by atoms with Gasteiger partial charge in [-0.2, -0.15) is 0 Å². The molecular weight excluding hydrogens is 338 g/mol. The number of halogens is 2. The molecule has 1 N–H and O–H groups in total. The van der Waals surface area contributed by atoms with Crippen LogP contribution in [0.15, 0.2) is 46.9 Å². The van der Waals surface area contributed by atoms with Crippen LogP contribution in [0.3, 0.4) is 0 Å². The van der Waals surface area contributed by atoms with Crippen molar-refractivity contribution in [3.05, 3.63) is 57.5 Å². The zero-order chi connectivity index (χ0) is 14.4. The molecule has 0 aliphatic carbocycles. The van der Waals surface area contributed by atoms with Crippen LogP contribution in [-0.2, 0) is 6.54 Å². The fourth-order valence-electron chi connectivity index (χ4n) is 1.80. The maximum absolute atomic E-state index is 6.06. The third-order valence-electron chi connectivity index (χ3n) is 2.81. The average Bonchev–Trinajstić information content (AvgIpc) is 2.44. The van der Waals surface area contributed by atoms with Crippen molar-refractivity contribution in [2.24, 2.45) is 0 Å². The normalized spacial score (nSPS) is 10.6. The van der Waals surface area contributed by atoms with Crippen LogP contribution in [0.4, 0.5) is 0 Å². The van der Waals surface area contributed by atoms with Crippen LogP contribution in [0, 0.1) is 0 Å². The lowest BCUT2D eigenvalue weighted by Gasteiger charge is -2.12. The highest BCUT2D eigenvalue weighted by atomic mass is 79.9. The van der Waals surface area contributed by atoms with Crippen molar-refractivity contribution in [3.63, 3.8) is 0 Å². The summed E-state index contributed by atoms with van der Waals surface area (Å²) in [5, 5.41) is 4.05. The third kappa shape index (κ3) is 4.51. The average molecular weight is 355 g/mol. The van der Waals surface area contributed by atoms with E-state index in [4.69, 9.17) is 16.3 Å². The summed E-state index contributed by atoms with van der Waals surface area (Å²) < 4.78 is 6.96. The molecule has 0 aliphatic heterocycles. The van der Waals surface area contributed by atoms with Crippen molar-refractivity contribution >= 4 is 27.5 Å². The molecular formula is C16H17BrClNO. The molecule has 2 aromatic rings. The zero-order valence-electron chi connectivity index (χ0n) is 11.3. The van der Waals surface area contributed by atoms with E-state index in [-0.39, 0.29) is 0 Å². The molecule has 0 spiro atoms. The second-order valence-electron chi connectivity index (χ2n) is 4.48. The molecule has 2 rings (SSSR count). The Morgan fingerprint density at radius 3 is 2.60 bits per heavy atom. The van der Waals surface area contributed by atoms with Crippen molar-refractivity contribution in [2.45, 2.75) is 19.9 Å². The van der Waals surface area contributed by atoms with Gasteiger partial charge in [-0.05, 0) is 49.4 Å². The van der Waals surface area contributed by atoms with E-state index in [1.807, 2.05) is 42.5 Å². The Bertz CT molecular complexity index is 557. The third-order valence-corrected chi connectivity index (χ3v) is 3.58. The van der Waals surface area contributed by atoms with Crippen molar-refractivity contribution in [3.8, 4) is 11.5 Å². The fraction of sp³-hybridized carbons (Fsp3) is 0.250. The molecule has 0 bridgehead atoms. The van der Waals surface area contributed by atoms with E-state index in [1.54, 1.807) is 0 Å². The molecule has 0 amide bonds. The molecule has 0 radical (unpaired) electrons. The Hall–Kier alpha value is -1.03. The molecule has 0 unspecified atom stereocenters. The lowest BCUT2D eigenvalue weighted by molar-refractivity contribution is 0.472. The Kier molecular flexibility index (Phi) is 5.89. The van der Waals surface area contributed by atoms with Gasteiger partial charge in [0.15, 0.2) is 0 Å². The smallest absolute Gasteiger partial charge is 0.133 e. The van der Waals surface area contributed by atoms with Gasteiger partial charge in [0, 0.05) is 21.6 Å². The van der Waals surface area contributed by atoms with Crippen molar-refractivity contribution in [1.82, 2.24) is 5.32 Å². The number of hydrogen-bond acceptors (Lipinski definition) is 2. The van der Waals surface area contributed by atoms with Crippen LogP contribution in [0.1, 0.15) is 18.9 Å². The van der Waals surface area contributed by atoms with E-state index in [0.29, 0.717) is 5.02 Å². The van der Waals surface area contributed by atoms with E-state index < -0.39 is 0 Å². The summed E-state index contributed by atoms with van der Waals surface area (Å²) in [5.41, 5.74) is 1.10. The standard InChI is InChI=1S/C16H17BrClNO/c1-2-9-19-11-12-3-6-14(18)10-16(12)20-15-7-4-13(17)5-8-15/h3-8,10,19H,2,9,11H2,1H3. The first-order valence-corrected chi connectivity index (χ1v) is 7.78. The molecule has 4 heteroatoms. The first-order chi connectivity index (χ1) is 9.69.